The Labute approximate surface area is 186 Å². The molecule has 0 saturated heterocycles. The lowest BCUT2D eigenvalue weighted by Gasteiger charge is -2.30. The van der Waals surface area contributed by atoms with Gasteiger partial charge in [-0.2, -0.15) is 13.2 Å². The molecule has 1 atom stereocenters. The van der Waals surface area contributed by atoms with Crippen LogP contribution in [0.2, 0.25) is 0 Å². The number of hydrogen-bond donors (Lipinski definition) is 3. The summed E-state index contributed by atoms with van der Waals surface area (Å²) in [7, 11) is 1.70. The van der Waals surface area contributed by atoms with Gasteiger partial charge in [0.2, 0.25) is 5.91 Å². The van der Waals surface area contributed by atoms with Gasteiger partial charge in [-0.15, -0.1) is 0 Å². The predicted molar refractivity (Wildman–Crippen MR) is 111 cm³/mol. The van der Waals surface area contributed by atoms with Crippen LogP contribution in [-0.4, -0.2) is 45.9 Å². The highest BCUT2D eigenvalue weighted by Gasteiger charge is 2.38. The fraction of sp³-hybridized carbons (Fsp3) is 0.632. The number of carboxylic acid groups (broad SMARTS) is 1. The monoisotopic (exact) mass is 513 g/mol. The summed E-state index contributed by atoms with van der Waals surface area (Å²) in [5.41, 5.74) is 5.78. The summed E-state index contributed by atoms with van der Waals surface area (Å²) >= 11 is 3.43. The first kappa shape index (κ1) is 27.0. The van der Waals surface area contributed by atoms with Gasteiger partial charge in [-0.25, -0.2) is 4.79 Å². The molecule has 12 heteroatoms. The van der Waals surface area contributed by atoms with Gasteiger partial charge in [-0.1, -0.05) is 13.8 Å². The third-order valence-electron chi connectivity index (χ3n) is 4.72. The van der Waals surface area contributed by atoms with Crippen molar-refractivity contribution < 1.29 is 32.6 Å². The first-order valence-corrected chi connectivity index (χ1v) is 10.4. The fourth-order valence-electron chi connectivity index (χ4n) is 2.78. The number of aliphatic carboxylic acids is 1. The van der Waals surface area contributed by atoms with Gasteiger partial charge in [-0.3, -0.25) is 9.59 Å². The highest BCUT2D eigenvalue weighted by molar-refractivity contribution is 9.10. The number of halogens is 4. The van der Waals surface area contributed by atoms with Crippen LogP contribution in [0.4, 0.5) is 13.2 Å². The molecule has 8 nitrogen and oxygen atoms in total. The van der Waals surface area contributed by atoms with Crippen LogP contribution in [0.15, 0.2) is 21.5 Å². The summed E-state index contributed by atoms with van der Waals surface area (Å²) in [6.45, 7) is 3.88. The van der Waals surface area contributed by atoms with Gasteiger partial charge in [0.1, 0.15) is 5.75 Å². The minimum Gasteiger partial charge on any atom is -0.489 e. The highest BCUT2D eigenvalue weighted by atomic mass is 79.9. The molecule has 0 unspecified atom stereocenters. The molecule has 4 N–H and O–H groups in total. The van der Waals surface area contributed by atoms with E-state index in [4.69, 9.17) is 20.4 Å². The van der Waals surface area contributed by atoms with E-state index in [1.54, 1.807) is 13.2 Å². The van der Waals surface area contributed by atoms with E-state index in [0.29, 0.717) is 5.75 Å². The third kappa shape index (κ3) is 8.90. The van der Waals surface area contributed by atoms with Crippen molar-refractivity contribution in [1.29, 1.82) is 0 Å². The van der Waals surface area contributed by atoms with Gasteiger partial charge in [0.25, 0.3) is 5.56 Å². The fourth-order valence-corrected chi connectivity index (χ4v) is 3.29. The molecule has 1 amide bonds. The maximum Gasteiger partial charge on any atom is 0.490 e. The maximum atomic E-state index is 12.0. The molecule has 1 aliphatic carbocycles. The lowest BCUT2D eigenvalue weighted by atomic mass is 9.92. The lowest BCUT2D eigenvalue weighted by molar-refractivity contribution is -0.192. The molecule has 1 fully saturated rings. The van der Waals surface area contributed by atoms with Crippen LogP contribution in [0, 0.1) is 5.92 Å². The van der Waals surface area contributed by atoms with E-state index >= 15 is 0 Å². The van der Waals surface area contributed by atoms with Crippen LogP contribution in [0.5, 0.6) is 5.75 Å². The topological polar surface area (TPSA) is 124 Å². The molecule has 1 saturated carbocycles. The lowest BCUT2D eigenvalue weighted by Crippen LogP contribution is -2.49. The Bertz CT molecular complexity index is 821. The first-order chi connectivity index (χ1) is 14.2. The van der Waals surface area contributed by atoms with E-state index in [1.807, 2.05) is 13.8 Å². The van der Waals surface area contributed by atoms with Gasteiger partial charge in [0.15, 0.2) is 0 Å². The molecule has 1 aromatic rings. The molecule has 1 aromatic heterocycles. The number of ether oxygens (including phenoxy) is 1. The molecule has 0 aromatic carbocycles. The predicted octanol–water partition coefficient (Wildman–Crippen LogP) is 2.57. The van der Waals surface area contributed by atoms with Gasteiger partial charge >= 0.3 is 12.1 Å². The quantitative estimate of drug-likeness (QED) is 0.555. The Morgan fingerprint density at radius 1 is 1.29 bits per heavy atom. The second kappa shape index (κ2) is 11.5. The summed E-state index contributed by atoms with van der Waals surface area (Å²) in [4.78, 5) is 32.7. The van der Waals surface area contributed by atoms with Gasteiger partial charge in [-0.05, 0) is 47.5 Å². The number of carboxylic acids is 1. The van der Waals surface area contributed by atoms with E-state index in [0.717, 1.165) is 30.2 Å². The van der Waals surface area contributed by atoms with Crippen molar-refractivity contribution in [3.8, 4) is 5.75 Å². The summed E-state index contributed by atoms with van der Waals surface area (Å²) in [5, 5.41) is 10.2. The Balaban J connectivity index is 0.000000592. The number of aryl methyl sites for hydroxylation is 1. The number of hydrogen-bond acceptors (Lipinski definition) is 5. The van der Waals surface area contributed by atoms with Crippen LogP contribution >= 0.6 is 15.9 Å². The third-order valence-corrected chi connectivity index (χ3v) is 5.32. The van der Waals surface area contributed by atoms with Gasteiger partial charge in [0, 0.05) is 25.4 Å². The minimum atomic E-state index is -5.08. The Morgan fingerprint density at radius 2 is 1.81 bits per heavy atom. The van der Waals surface area contributed by atoms with Crippen molar-refractivity contribution in [3.05, 3.63) is 27.1 Å². The molecule has 1 heterocycles. The molecule has 2 rings (SSSR count). The van der Waals surface area contributed by atoms with Crippen molar-refractivity contribution in [2.45, 2.75) is 63.9 Å². The van der Waals surface area contributed by atoms with Crippen LogP contribution in [-0.2, 0) is 16.6 Å². The largest absolute Gasteiger partial charge is 0.490 e. The average Bonchev–Trinajstić information content (AvgIpc) is 2.66. The van der Waals surface area contributed by atoms with E-state index in [9.17, 15) is 22.8 Å². The normalized spacial score (nSPS) is 19.8. The van der Waals surface area contributed by atoms with Crippen molar-refractivity contribution >= 4 is 27.8 Å². The standard InChI is InChI=1S/C17H26BrN3O3.C2HF3O2/c1-10(2)16(19)17(23)20-11-4-6-12(7-5-11)24-14-8-15(22)21(3)9-13(14)18;3-2(4,5)1(6)7/h8-12,16H,4-7,19H2,1-3H3,(H,20,23);(H,6,7)/t11?,12?,16-;/m1./s1. The zero-order chi connectivity index (χ0) is 23.9. The van der Waals surface area contributed by atoms with E-state index in [1.165, 1.54) is 10.6 Å². The van der Waals surface area contributed by atoms with Gasteiger partial charge < -0.3 is 25.5 Å². The van der Waals surface area contributed by atoms with Gasteiger partial charge in [0.05, 0.1) is 16.6 Å². The number of nitrogens with two attached hydrogens (primary N) is 1. The number of nitrogens with one attached hydrogen (secondary N) is 1. The summed E-state index contributed by atoms with van der Waals surface area (Å²) in [6, 6.07) is 1.18. The molecule has 1 aliphatic rings. The van der Waals surface area contributed by atoms with Crippen LogP contribution in [0.1, 0.15) is 39.5 Å². The first-order valence-electron chi connectivity index (χ1n) is 9.61. The number of pyridine rings is 1. The van der Waals surface area contributed by atoms with Crippen LogP contribution in [0.3, 0.4) is 0 Å². The van der Waals surface area contributed by atoms with Crippen molar-refractivity contribution in [1.82, 2.24) is 9.88 Å². The number of nitrogens with zero attached hydrogens (tertiary/aromatic N) is 1. The van der Waals surface area contributed by atoms with Crippen molar-refractivity contribution in [2.24, 2.45) is 18.7 Å². The Morgan fingerprint density at radius 3 is 2.26 bits per heavy atom. The molecule has 0 aliphatic heterocycles. The molecule has 31 heavy (non-hydrogen) atoms. The number of carbonyl (C=O) groups is 2. The molecular weight excluding hydrogens is 487 g/mol. The van der Waals surface area contributed by atoms with Crippen molar-refractivity contribution in [3.63, 3.8) is 0 Å². The van der Waals surface area contributed by atoms with E-state index in [2.05, 4.69) is 21.2 Å². The van der Waals surface area contributed by atoms with E-state index in [-0.39, 0.29) is 29.5 Å². The summed E-state index contributed by atoms with van der Waals surface area (Å²) < 4.78 is 40.0. The highest BCUT2D eigenvalue weighted by Crippen LogP contribution is 2.28. The summed E-state index contributed by atoms with van der Waals surface area (Å²) in [5.74, 6) is -2.13. The molecule has 0 radical (unpaired) electrons. The zero-order valence-corrected chi connectivity index (χ0v) is 19.0. The SMILES string of the molecule is CC(C)[C@@H](N)C(=O)NC1CCC(Oc2cc(=O)n(C)cc2Br)CC1.O=C(O)C(F)(F)F. The minimum absolute atomic E-state index is 0.0559. The number of carbonyl (C=O) groups excluding carboxylic acids is 1. The number of rotatable bonds is 5. The zero-order valence-electron chi connectivity index (χ0n) is 17.4. The molecular formula is C19H27BrF3N3O5. The molecule has 176 valence electrons. The number of alkyl halides is 3. The maximum absolute atomic E-state index is 12.0. The smallest absolute Gasteiger partial charge is 0.489 e. The second-order valence-electron chi connectivity index (χ2n) is 7.61. The van der Waals surface area contributed by atoms with Crippen LogP contribution < -0.4 is 21.3 Å². The Kier molecular flexibility index (Phi) is 10.0. The molecule has 0 bridgehead atoms. The van der Waals surface area contributed by atoms with E-state index < -0.39 is 18.2 Å². The average molecular weight is 514 g/mol. The van der Waals surface area contributed by atoms with Crippen molar-refractivity contribution in [2.75, 3.05) is 0 Å². The van der Waals surface area contributed by atoms with Crippen LogP contribution in [0.25, 0.3) is 0 Å². The number of amides is 1. The second-order valence-corrected chi connectivity index (χ2v) is 8.46. The number of aromatic nitrogens is 1. The molecule has 0 spiro atoms. The Hall–Kier alpha value is -2.08. The summed E-state index contributed by atoms with van der Waals surface area (Å²) in [6.07, 6.45) is 0.0531.